The number of nitrogens with two attached hydrogens (primary N) is 1. The van der Waals surface area contributed by atoms with E-state index in [4.69, 9.17) is 17.3 Å². The molecule has 1 aromatic carbocycles. The number of halogens is 1. The number of hydrogen-bond donors (Lipinski definition) is 1. The fourth-order valence-electron chi connectivity index (χ4n) is 3.48. The molecule has 3 rings (SSSR count). The van der Waals surface area contributed by atoms with Crippen LogP contribution in [0.25, 0.3) is 11.3 Å². The maximum atomic E-state index is 12.4. The zero-order chi connectivity index (χ0) is 22.1. The third kappa shape index (κ3) is 4.12. The summed E-state index contributed by atoms with van der Waals surface area (Å²) in [6.07, 6.45) is 4.81. The van der Waals surface area contributed by atoms with Crippen LogP contribution in [0.4, 0.5) is 0 Å². The van der Waals surface area contributed by atoms with Crippen molar-refractivity contribution in [2.75, 3.05) is 12.0 Å². The fourth-order valence-corrected chi connectivity index (χ4v) is 4.60. The van der Waals surface area contributed by atoms with Crippen molar-refractivity contribution in [1.82, 2.24) is 4.98 Å². The van der Waals surface area contributed by atoms with Crippen molar-refractivity contribution in [3.05, 3.63) is 86.6 Å². The second-order valence-corrected chi connectivity index (χ2v) is 9.57. The molecule has 0 saturated carbocycles. The topological polar surface area (TPSA) is 133 Å². The monoisotopic (exact) mass is 447 g/mol. The van der Waals surface area contributed by atoms with Crippen molar-refractivity contribution >= 4 is 27.3 Å². The highest BCUT2D eigenvalue weighted by atomic mass is 35.5. The van der Waals surface area contributed by atoms with Gasteiger partial charge in [-0.3, -0.25) is 19.9 Å². The van der Waals surface area contributed by atoms with Crippen LogP contribution in [0.3, 0.4) is 0 Å². The molecular formula is C20H18ClN3O5S. The first kappa shape index (κ1) is 21.7. The van der Waals surface area contributed by atoms with Crippen molar-refractivity contribution < 1.29 is 18.1 Å². The zero-order valence-corrected chi connectivity index (χ0v) is 17.5. The molecule has 10 heteroatoms. The number of hydrogen-bond acceptors (Lipinski definition) is 6. The molecule has 0 bridgehead atoms. The average Bonchev–Trinajstić information content (AvgIpc) is 2.68. The molecule has 1 aliphatic rings. The number of amides is 1. The second kappa shape index (κ2) is 8.00. The Hall–Kier alpha value is -3.04. The highest BCUT2D eigenvalue weighted by Crippen LogP contribution is 2.44. The van der Waals surface area contributed by atoms with Crippen molar-refractivity contribution in [2.24, 2.45) is 5.73 Å². The van der Waals surface area contributed by atoms with Gasteiger partial charge in [0.1, 0.15) is 0 Å². The lowest BCUT2D eigenvalue weighted by molar-refractivity contribution is -0.566. The van der Waals surface area contributed by atoms with Gasteiger partial charge in [-0.2, -0.15) is 0 Å². The number of aromatic nitrogens is 1. The molecule has 2 N–H and O–H groups in total. The Bertz CT molecular complexity index is 1190. The molecule has 1 heterocycles. The van der Waals surface area contributed by atoms with Crippen LogP contribution >= 0.6 is 11.6 Å². The molecular weight excluding hydrogens is 430 g/mol. The number of allylic oxidation sites excluding steroid dienone is 2. The summed E-state index contributed by atoms with van der Waals surface area (Å²) in [5, 5.41) is 12.7. The first-order valence-corrected chi connectivity index (χ1v) is 11.2. The van der Waals surface area contributed by atoms with E-state index in [2.05, 4.69) is 4.98 Å². The SMILES string of the molecule is CS(=O)(=O)CC1=CC=C(C(N)=O)CC1(c1ccc(Cl)c(-c2ccccn2)c1)[N+](=O)[O-]. The Morgan fingerprint density at radius 1 is 1.30 bits per heavy atom. The molecule has 1 unspecified atom stereocenters. The Balaban J connectivity index is 2.27. The second-order valence-electron chi connectivity index (χ2n) is 7.02. The van der Waals surface area contributed by atoms with Crippen LogP contribution in [-0.4, -0.2) is 36.2 Å². The zero-order valence-electron chi connectivity index (χ0n) is 15.9. The van der Waals surface area contributed by atoms with Gasteiger partial charge >= 0.3 is 0 Å². The minimum Gasteiger partial charge on any atom is -0.366 e. The third-order valence-corrected chi connectivity index (χ3v) is 6.06. The standard InChI is InChI=1S/C20H18ClN3O5S/c1-30(28,29)12-15-6-5-13(19(22)25)11-20(15,24(26)27)14-7-8-17(21)16(10-14)18-4-2-3-9-23-18/h2-10H,11-12H2,1H3,(H2,22,25). The Morgan fingerprint density at radius 2 is 2.03 bits per heavy atom. The number of carbonyl (C=O) groups excluding carboxylic acids is 1. The Kier molecular flexibility index (Phi) is 5.78. The summed E-state index contributed by atoms with van der Waals surface area (Å²) >= 11 is 6.31. The molecule has 0 aliphatic heterocycles. The van der Waals surface area contributed by atoms with Crippen LogP contribution in [0.5, 0.6) is 0 Å². The number of nitro groups is 1. The van der Waals surface area contributed by atoms with Gasteiger partial charge < -0.3 is 5.73 Å². The Labute approximate surface area is 178 Å². The van der Waals surface area contributed by atoms with E-state index in [-0.39, 0.29) is 23.1 Å². The number of primary amides is 1. The number of benzene rings is 1. The van der Waals surface area contributed by atoms with Crippen LogP contribution < -0.4 is 5.73 Å². The van der Waals surface area contributed by atoms with Crippen LogP contribution in [0, 0.1) is 10.1 Å². The molecule has 2 aromatic rings. The van der Waals surface area contributed by atoms with Gasteiger partial charge in [0, 0.05) is 44.7 Å². The van der Waals surface area contributed by atoms with Crippen molar-refractivity contribution in [3.63, 3.8) is 0 Å². The van der Waals surface area contributed by atoms with Crippen molar-refractivity contribution in [3.8, 4) is 11.3 Å². The molecule has 1 amide bonds. The molecule has 156 valence electrons. The summed E-state index contributed by atoms with van der Waals surface area (Å²) in [4.78, 5) is 27.9. The molecule has 0 saturated heterocycles. The van der Waals surface area contributed by atoms with Crippen molar-refractivity contribution in [1.29, 1.82) is 0 Å². The van der Waals surface area contributed by atoms with Gasteiger partial charge in [-0.25, -0.2) is 8.42 Å². The predicted molar refractivity (Wildman–Crippen MR) is 113 cm³/mol. The van der Waals surface area contributed by atoms with E-state index in [9.17, 15) is 23.3 Å². The van der Waals surface area contributed by atoms with E-state index < -0.39 is 32.0 Å². The lowest BCUT2D eigenvalue weighted by Crippen LogP contribution is -2.43. The predicted octanol–water partition coefficient (Wildman–Crippen LogP) is 2.66. The minimum atomic E-state index is -3.60. The normalized spacial score (nSPS) is 19.0. The highest BCUT2D eigenvalue weighted by molar-refractivity contribution is 7.90. The molecule has 8 nitrogen and oxygen atoms in total. The van der Waals surface area contributed by atoms with Gasteiger partial charge in [0.15, 0.2) is 9.84 Å². The summed E-state index contributed by atoms with van der Waals surface area (Å²) in [7, 11) is -3.60. The van der Waals surface area contributed by atoms with E-state index in [0.29, 0.717) is 16.3 Å². The van der Waals surface area contributed by atoms with Gasteiger partial charge in [0.2, 0.25) is 5.91 Å². The number of carbonyl (C=O) groups is 1. The molecule has 30 heavy (non-hydrogen) atoms. The largest absolute Gasteiger partial charge is 0.366 e. The van der Waals surface area contributed by atoms with Gasteiger partial charge in [-0.05, 0) is 30.3 Å². The van der Waals surface area contributed by atoms with Gasteiger partial charge in [0.05, 0.1) is 17.9 Å². The van der Waals surface area contributed by atoms with Gasteiger partial charge in [-0.15, -0.1) is 0 Å². The molecule has 0 spiro atoms. The minimum absolute atomic E-state index is 0.0262. The van der Waals surface area contributed by atoms with E-state index in [0.717, 1.165) is 6.26 Å². The summed E-state index contributed by atoms with van der Waals surface area (Å²) in [5.74, 6) is -1.35. The molecule has 1 aromatic heterocycles. The van der Waals surface area contributed by atoms with E-state index in [1.165, 1.54) is 30.4 Å². The molecule has 0 radical (unpaired) electrons. The smallest absolute Gasteiger partial charge is 0.273 e. The number of rotatable bonds is 6. The van der Waals surface area contributed by atoms with Gasteiger partial charge in [0.25, 0.3) is 5.54 Å². The molecule has 1 aliphatic carbocycles. The molecule has 0 fully saturated rings. The quantitative estimate of drug-likeness (QED) is 0.534. The molecule has 1 atom stereocenters. The van der Waals surface area contributed by atoms with Crippen LogP contribution in [-0.2, 0) is 20.2 Å². The maximum Gasteiger partial charge on any atom is 0.273 e. The lowest BCUT2D eigenvalue weighted by atomic mass is 9.75. The van der Waals surface area contributed by atoms with E-state index in [1.807, 2.05) is 0 Å². The number of nitrogens with zero attached hydrogens (tertiary/aromatic N) is 2. The average molecular weight is 448 g/mol. The van der Waals surface area contributed by atoms with Crippen LogP contribution in [0.1, 0.15) is 12.0 Å². The summed E-state index contributed by atoms with van der Waals surface area (Å²) in [6.45, 7) is 0. The fraction of sp³-hybridized carbons (Fsp3) is 0.200. The lowest BCUT2D eigenvalue weighted by Gasteiger charge is -2.31. The van der Waals surface area contributed by atoms with E-state index >= 15 is 0 Å². The Morgan fingerprint density at radius 3 is 2.60 bits per heavy atom. The summed E-state index contributed by atoms with van der Waals surface area (Å²) < 4.78 is 24.0. The number of pyridine rings is 1. The van der Waals surface area contributed by atoms with Crippen molar-refractivity contribution in [2.45, 2.75) is 12.0 Å². The summed E-state index contributed by atoms with van der Waals surface area (Å²) in [6, 6.07) is 9.63. The van der Waals surface area contributed by atoms with E-state index in [1.54, 1.807) is 24.4 Å². The maximum absolute atomic E-state index is 12.4. The first-order valence-electron chi connectivity index (χ1n) is 8.78. The third-order valence-electron chi connectivity index (χ3n) is 4.89. The number of sulfone groups is 1. The van der Waals surface area contributed by atoms with Crippen LogP contribution in [0.2, 0.25) is 5.02 Å². The van der Waals surface area contributed by atoms with Crippen LogP contribution in [0.15, 0.2) is 65.9 Å². The van der Waals surface area contributed by atoms with Gasteiger partial charge in [-0.1, -0.05) is 29.8 Å². The highest BCUT2D eigenvalue weighted by Gasteiger charge is 2.52. The summed E-state index contributed by atoms with van der Waals surface area (Å²) in [5.41, 5.74) is 4.58. The first-order chi connectivity index (χ1) is 14.0.